The number of alkyl halides is 3. The Bertz CT molecular complexity index is 893. The Hall–Kier alpha value is -3.03. The van der Waals surface area contributed by atoms with Crippen LogP contribution in [0.4, 0.5) is 30.2 Å². The fourth-order valence-electron chi connectivity index (χ4n) is 2.67. The first-order valence-electron chi connectivity index (χ1n) is 8.85. The van der Waals surface area contributed by atoms with Gasteiger partial charge in [0.25, 0.3) is 0 Å². The molecule has 0 aromatic heterocycles. The SMILES string of the molecule is Cc1c(NC(=O)CNc2cccc(C(F)(F)F)c2)cccc1NC(=O)C1CC1. The Morgan fingerprint density at radius 1 is 1.04 bits per heavy atom. The molecule has 5 nitrogen and oxygen atoms in total. The van der Waals surface area contributed by atoms with Crippen LogP contribution in [0.25, 0.3) is 0 Å². The number of amides is 2. The van der Waals surface area contributed by atoms with E-state index in [4.69, 9.17) is 0 Å². The van der Waals surface area contributed by atoms with Crippen LogP contribution in [0.3, 0.4) is 0 Å². The molecule has 1 saturated carbocycles. The standard InChI is InChI=1S/C20H20F3N3O2/c1-12-16(6-3-7-17(12)26-19(28)13-8-9-13)25-18(27)11-24-15-5-2-4-14(10-15)20(21,22)23/h2-7,10,13,24H,8-9,11H2,1H3,(H,25,27)(H,26,28). The minimum atomic E-state index is -4.44. The average molecular weight is 391 g/mol. The number of anilines is 3. The van der Waals surface area contributed by atoms with Crippen molar-refractivity contribution < 1.29 is 22.8 Å². The van der Waals surface area contributed by atoms with Gasteiger partial charge in [0.2, 0.25) is 11.8 Å². The highest BCUT2D eigenvalue weighted by atomic mass is 19.4. The van der Waals surface area contributed by atoms with Crippen LogP contribution in [0, 0.1) is 12.8 Å². The lowest BCUT2D eigenvalue weighted by molar-refractivity contribution is -0.137. The Balaban J connectivity index is 1.60. The first-order valence-corrected chi connectivity index (χ1v) is 8.85. The van der Waals surface area contributed by atoms with Gasteiger partial charge in [0.05, 0.1) is 12.1 Å². The number of carbonyl (C=O) groups is 2. The minimum absolute atomic E-state index is 0.0298. The molecule has 0 radical (unpaired) electrons. The average Bonchev–Trinajstić information content (AvgIpc) is 3.48. The molecule has 2 aromatic rings. The molecule has 0 unspecified atom stereocenters. The second-order valence-electron chi connectivity index (χ2n) is 6.72. The summed E-state index contributed by atoms with van der Waals surface area (Å²) >= 11 is 0. The fourth-order valence-corrected chi connectivity index (χ4v) is 2.67. The molecule has 0 saturated heterocycles. The number of nitrogens with one attached hydrogen (secondary N) is 3. The van der Waals surface area contributed by atoms with Gasteiger partial charge in [0.1, 0.15) is 0 Å². The highest BCUT2D eigenvalue weighted by Gasteiger charge is 2.31. The van der Waals surface area contributed by atoms with Crippen LogP contribution in [0.1, 0.15) is 24.0 Å². The van der Waals surface area contributed by atoms with Crippen molar-refractivity contribution in [1.29, 1.82) is 0 Å². The van der Waals surface area contributed by atoms with E-state index in [0.29, 0.717) is 16.9 Å². The maximum Gasteiger partial charge on any atom is 0.416 e. The van der Waals surface area contributed by atoms with Crippen molar-refractivity contribution in [2.24, 2.45) is 5.92 Å². The second-order valence-corrected chi connectivity index (χ2v) is 6.72. The van der Waals surface area contributed by atoms with Crippen LogP contribution in [-0.2, 0) is 15.8 Å². The zero-order valence-corrected chi connectivity index (χ0v) is 15.2. The van der Waals surface area contributed by atoms with Crippen molar-refractivity contribution in [3.8, 4) is 0 Å². The molecule has 0 spiro atoms. The maximum absolute atomic E-state index is 12.7. The Kier molecular flexibility index (Phi) is 5.58. The molecule has 1 aliphatic rings. The van der Waals surface area contributed by atoms with E-state index in [9.17, 15) is 22.8 Å². The third-order valence-electron chi connectivity index (χ3n) is 4.46. The first-order chi connectivity index (χ1) is 13.2. The van der Waals surface area contributed by atoms with E-state index < -0.39 is 17.6 Å². The number of hydrogen-bond donors (Lipinski definition) is 3. The summed E-state index contributed by atoms with van der Waals surface area (Å²) in [6, 6.07) is 9.82. The van der Waals surface area contributed by atoms with Gasteiger partial charge in [-0.1, -0.05) is 12.1 Å². The fraction of sp³-hybridized carbons (Fsp3) is 0.300. The van der Waals surface area contributed by atoms with Crippen molar-refractivity contribution in [1.82, 2.24) is 0 Å². The first kappa shape index (κ1) is 19.7. The van der Waals surface area contributed by atoms with Crippen molar-refractivity contribution in [3.05, 3.63) is 53.6 Å². The Labute approximate surface area is 160 Å². The lowest BCUT2D eigenvalue weighted by Crippen LogP contribution is -2.23. The quantitative estimate of drug-likeness (QED) is 0.683. The summed E-state index contributed by atoms with van der Waals surface area (Å²) in [5.41, 5.74) is 1.29. The van der Waals surface area contributed by atoms with Crippen molar-refractivity contribution >= 4 is 28.9 Å². The molecule has 148 valence electrons. The van der Waals surface area contributed by atoms with E-state index in [2.05, 4.69) is 16.0 Å². The van der Waals surface area contributed by atoms with Gasteiger partial charge in [-0.15, -0.1) is 0 Å². The van der Waals surface area contributed by atoms with E-state index in [0.717, 1.165) is 25.0 Å². The Morgan fingerprint density at radius 3 is 2.32 bits per heavy atom. The van der Waals surface area contributed by atoms with Crippen LogP contribution in [0.15, 0.2) is 42.5 Å². The smallest absolute Gasteiger partial charge is 0.376 e. The number of rotatable bonds is 6. The number of halogens is 3. The molecule has 0 atom stereocenters. The highest BCUT2D eigenvalue weighted by Crippen LogP contribution is 2.32. The van der Waals surface area contributed by atoms with Crippen LogP contribution < -0.4 is 16.0 Å². The van der Waals surface area contributed by atoms with Gasteiger partial charge in [0.15, 0.2) is 0 Å². The van der Waals surface area contributed by atoms with Crippen LogP contribution >= 0.6 is 0 Å². The molecule has 8 heteroatoms. The van der Waals surface area contributed by atoms with Crippen molar-refractivity contribution in [2.45, 2.75) is 25.9 Å². The molecular formula is C20H20F3N3O2. The normalized spacial score (nSPS) is 13.7. The van der Waals surface area contributed by atoms with Crippen molar-refractivity contribution in [3.63, 3.8) is 0 Å². The summed E-state index contributed by atoms with van der Waals surface area (Å²) in [5.74, 6) is -0.377. The van der Waals surface area contributed by atoms with Crippen LogP contribution in [0.2, 0.25) is 0 Å². The zero-order chi connectivity index (χ0) is 20.3. The van der Waals surface area contributed by atoms with Gasteiger partial charge >= 0.3 is 6.18 Å². The second kappa shape index (κ2) is 7.92. The van der Waals surface area contributed by atoms with Gasteiger partial charge in [-0.2, -0.15) is 13.2 Å². The molecule has 2 amide bonds. The summed E-state index contributed by atoms with van der Waals surface area (Å²) < 4.78 is 38.2. The molecule has 0 aliphatic heterocycles. The van der Waals surface area contributed by atoms with E-state index in [1.807, 2.05) is 0 Å². The lowest BCUT2D eigenvalue weighted by Gasteiger charge is -2.14. The summed E-state index contributed by atoms with van der Waals surface area (Å²) in [6.07, 6.45) is -2.66. The van der Waals surface area contributed by atoms with E-state index in [1.54, 1.807) is 25.1 Å². The molecule has 2 aromatic carbocycles. The largest absolute Gasteiger partial charge is 0.416 e. The van der Waals surface area contributed by atoms with Gasteiger partial charge in [-0.05, 0) is 55.7 Å². The molecular weight excluding hydrogens is 371 g/mol. The van der Waals surface area contributed by atoms with Gasteiger partial charge in [0, 0.05) is 23.0 Å². The maximum atomic E-state index is 12.7. The van der Waals surface area contributed by atoms with Crippen LogP contribution in [0.5, 0.6) is 0 Å². The summed E-state index contributed by atoms with van der Waals surface area (Å²) in [7, 11) is 0. The summed E-state index contributed by atoms with van der Waals surface area (Å²) in [4.78, 5) is 24.1. The third-order valence-corrected chi connectivity index (χ3v) is 4.46. The molecule has 1 aliphatic carbocycles. The highest BCUT2D eigenvalue weighted by molar-refractivity contribution is 5.98. The molecule has 0 bridgehead atoms. The van der Waals surface area contributed by atoms with Gasteiger partial charge in [-0.25, -0.2) is 0 Å². The van der Waals surface area contributed by atoms with Crippen molar-refractivity contribution in [2.75, 3.05) is 22.5 Å². The molecule has 1 fully saturated rings. The number of benzene rings is 2. The van der Waals surface area contributed by atoms with Gasteiger partial charge in [-0.3, -0.25) is 9.59 Å². The number of hydrogen-bond acceptors (Lipinski definition) is 3. The van der Waals surface area contributed by atoms with Gasteiger partial charge < -0.3 is 16.0 Å². The third kappa shape index (κ3) is 5.03. The molecule has 3 N–H and O–H groups in total. The van der Waals surface area contributed by atoms with E-state index in [1.165, 1.54) is 12.1 Å². The lowest BCUT2D eigenvalue weighted by atomic mass is 10.1. The topological polar surface area (TPSA) is 70.2 Å². The van der Waals surface area contributed by atoms with Crippen LogP contribution in [-0.4, -0.2) is 18.4 Å². The molecule has 0 heterocycles. The summed E-state index contributed by atoms with van der Waals surface area (Å²) in [5, 5.41) is 8.25. The van der Waals surface area contributed by atoms with E-state index >= 15 is 0 Å². The molecule has 28 heavy (non-hydrogen) atoms. The predicted octanol–water partition coefficient (Wildman–Crippen LogP) is 4.41. The van der Waals surface area contributed by atoms with E-state index in [-0.39, 0.29) is 24.1 Å². The Morgan fingerprint density at radius 2 is 1.68 bits per heavy atom. The summed E-state index contributed by atoms with van der Waals surface area (Å²) in [6.45, 7) is 1.58. The minimum Gasteiger partial charge on any atom is -0.376 e. The predicted molar refractivity (Wildman–Crippen MR) is 101 cm³/mol. The zero-order valence-electron chi connectivity index (χ0n) is 15.2. The molecule has 3 rings (SSSR count). The number of carbonyl (C=O) groups excluding carboxylic acids is 2. The monoisotopic (exact) mass is 391 g/mol.